The molecule has 3 aromatic carbocycles. The minimum Gasteiger partial charge on any atom is -0.496 e. The molecule has 162 valence electrons. The van der Waals surface area contributed by atoms with Crippen LogP contribution < -0.4 is 23.7 Å². The number of rotatable bonds is 8. The van der Waals surface area contributed by atoms with E-state index in [4.69, 9.17) is 23.7 Å². The first-order valence-electron chi connectivity index (χ1n) is 9.65. The first-order valence-corrected chi connectivity index (χ1v) is 9.65. The molecule has 0 unspecified atom stereocenters. The number of carbonyl (C=O) groups excluding carboxylic acids is 1. The van der Waals surface area contributed by atoms with Gasteiger partial charge in [0.15, 0.2) is 17.3 Å². The molecule has 0 aromatic heterocycles. The van der Waals surface area contributed by atoms with Gasteiger partial charge in [-0.25, -0.2) is 0 Å². The van der Waals surface area contributed by atoms with Gasteiger partial charge in [0, 0.05) is 16.7 Å². The maximum Gasteiger partial charge on any atom is 0.203 e. The Morgan fingerprint density at radius 3 is 1.65 bits per heavy atom. The van der Waals surface area contributed by atoms with E-state index in [1.807, 2.05) is 37.3 Å². The lowest BCUT2D eigenvalue weighted by Gasteiger charge is -2.14. The normalized spacial score (nSPS) is 10.4. The molecule has 0 spiro atoms. The largest absolute Gasteiger partial charge is 0.496 e. The molecule has 0 saturated heterocycles. The predicted octanol–water partition coefficient (Wildman–Crippen LogP) is 4.94. The van der Waals surface area contributed by atoms with E-state index in [9.17, 15) is 4.79 Å². The molecule has 31 heavy (non-hydrogen) atoms. The van der Waals surface area contributed by atoms with Gasteiger partial charge in [-0.15, -0.1) is 0 Å². The first-order chi connectivity index (χ1) is 15.0. The smallest absolute Gasteiger partial charge is 0.203 e. The number of carbonyl (C=O) groups is 1. The molecule has 0 fully saturated rings. The van der Waals surface area contributed by atoms with Crippen molar-refractivity contribution >= 4 is 5.78 Å². The van der Waals surface area contributed by atoms with E-state index >= 15 is 0 Å². The lowest BCUT2D eigenvalue weighted by atomic mass is 9.96. The van der Waals surface area contributed by atoms with Gasteiger partial charge in [-0.1, -0.05) is 18.2 Å². The highest BCUT2D eigenvalue weighted by atomic mass is 16.5. The zero-order chi connectivity index (χ0) is 22.5. The van der Waals surface area contributed by atoms with Crippen molar-refractivity contribution in [2.45, 2.75) is 6.92 Å². The molecule has 3 rings (SSSR count). The summed E-state index contributed by atoms with van der Waals surface area (Å²) in [6, 6.07) is 14.6. The summed E-state index contributed by atoms with van der Waals surface area (Å²) in [5.41, 5.74) is 3.64. The van der Waals surface area contributed by atoms with Crippen molar-refractivity contribution in [1.82, 2.24) is 0 Å². The topological polar surface area (TPSA) is 63.2 Å². The number of hydrogen-bond acceptors (Lipinski definition) is 6. The zero-order valence-electron chi connectivity index (χ0n) is 18.6. The van der Waals surface area contributed by atoms with E-state index in [-0.39, 0.29) is 5.78 Å². The van der Waals surface area contributed by atoms with Crippen molar-refractivity contribution in [2.24, 2.45) is 0 Å². The standard InChI is InChI=1S/C25H26O6/c1-15-20(27-2)11-18(12-21(15)28-3)16-8-7-9-17(10-16)24(26)19-13-22(29-4)25(31-6)23(14-19)30-5/h7-14H,1-6H3. The van der Waals surface area contributed by atoms with E-state index in [1.165, 1.54) is 21.3 Å². The van der Waals surface area contributed by atoms with Crippen molar-refractivity contribution in [3.8, 4) is 39.9 Å². The third-order valence-electron chi connectivity index (χ3n) is 5.14. The van der Waals surface area contributed by atoms with Crippen molar-refractivity contribution in [2.75, 3.05) is 35.5 Å². The van der Waals surface area contributed by atoms with Crippen molar-refractivity contribution < 1.29 is 28.5 Å². The summed E-state index contributed by atoms with van der Waals surface area (Å²) in [7, 11) is 7.80. The average molecular weight is 422 g/mol. The number of benzene rings is 3. The molecular weight excluding hydrogens is 396 g/mol. The molecular formula is C25H26O6. The van der Waals surface area contributed by atoms with Gasteiger partial charge in [-0.2, -0.15) is 0 Å². The van der Waals surface area contributed by atoms with Gasteiger partial charge >= 0.3 is 0 Å². The molecule has 0 heterocycles. The Labute approximate surface area is 182 Å². The van der Waals surface area contributed by atoms with Gasteiger partial charge in [0.25, 0.3) is 0 Å². The molecule has 0 aliphatic rings. The van der Waals surface area contributed by atoms with Crippen molar-refractivity contribution in [3.05, 3.63) is 65.2 Å². The van der Waals surface area contributed by atoms with E-state index in [0.717, 1.165) is 28.2 Å². The van der Waals surface area contributed by atoms with Gasteiger partial charge in [0.1, 0.15) is 11.5 Å². The summed E-state index contributed by atoms with van der Waals surface area (Å²) in [5, 5.41) is 0. The van der Waals surface area contributed by atoms with Crippen LogP contribution in [0, 0.1) is 6.92 Å². The van der Waals surface area contributed by atoms with E-state index < -0.39 is 0 Å². The van der Waals surface area contributed by atoms with Gasteiger partial charge in [-0.05, 0) is 48.4 Å². The van der Waals surface area contributed by atoms with E-state index in [0.29, 0.717) is 28.4 Å². The van der Waals surface area contributed by atoms with E-state index in [1.54, 1.807) is 32.4 Å². The van der Waals surface area contributed by atoms with Crippen LogP contribution in [0.1, 0.15) is 21.5 Å². The summed E-state index contributed by atoms with van der Waals surface area (Å²) < 4.78 is 27.1. The van der Waals surface area contributed by atoms with Gasteiger partial charge in [0.05, 0.1) is 35.5 Å². The van der Waals surface area contributed by atoms with Gasteiger partial charge < -0.3 is 23.7 Å². The summed E-state index contributed by atoms with van der Waals surface area (Å²) in [6.45, 7) is 1.94. The minimum atomic E-state index is -0.160. The highest BCUT2D eigenvalue weighted by Crippen LogP contribution is 2.39. The maximum absolute atomic E-state index is 13.3. The fourth-order valence-electron chi connectivity index (χ4n) is 3.47. The molecule has 0 aliphatic heterocycles. The molecule has 0 saturated carbocycles. The summed E-state index contributed by atoms with van der Waals surface area (Å²) in [4.78, 5) is 13.3. The SMILES string of the molecule is COc1cc(-c2cccc(C(=O)c3cc(OC)c(OC)c(OC)c3)c2)cc(OC)c1C. The third-order valence-corrected chi connectivity index (χ3v) is 5.14. The monoisotopic (exact) mass is 422 g/mol. The van der Waals surface area contributed by atoms with Crippen LogP contribution in [0.15, 0.2) is 48.5 Å². The lowest BCUT2D eigenvalue weighted by molar-refractivity contribution is 0.103. The van der Waals surface area contributed by atoms with Crippen LogP contribution in [-0.2, 0) is 0 Å². The Morgan fingerprint density at radius 1 is 0.613 bits per heavy atom. The molecule has 0 aliphatic carbocycles. The summed E-state index contributed by atoms with van der Waals surface area (Å²) in [6.07, 6.45) is 0. The number of methoxy groups -OCH3 is 5. The Kier molecular flexibility index (Phi) is 6.70. The molecule has 3 aromatic rings. The molecule has 0 atom stereocenters. The quantitative estimate of drug-likeness (QED) is 0.480. The molecule has 0 radical (unpaired) electrons. The zero-order valence-corrected chi connectivity index (χ0v) is 18.6. The maximum atomic E-state index is 13.3. The highest BCUT2D eigenvalue weighted by molar-refractivity contribution is 6.10. The molecule has 0 N–H and O–H groups in total. The fourth-order valence-corrected chi connectivity index (χ4v) is 3.47. The lowest BCUT2D eigenvalue weighted by Crippen LogP contribution is -2.04. The Hall–Kier alpha value is -3.67. The third kappa shape index (κ3) is 4.28. The Bertz CT molecular complexity index is 1050. The number of hydrogen-bond donors (Lipinski definition) is 0. The average Bonchev–Trinajstić information content (AvgIpc) is 2.82. The van der Waals surface area contributed by atoms with Crippen LogP contribution in [0.4, 0.5) is 0 Å². The minimum absolute atomic E-state index is 0.160. The molecule has 6 nitrogen and oxygen atoms in total. The van der Waals surface area contributed by atoms with Crippen LogP contribution in [0.3, 0.4) is 0 Å². The first kappa shape index (κ1) is 22.0. The second-order valence-electron chi connectivity index (χ2n) is 6.83. The number of ether oxygens (including phenoxy) is 5. The van der Waals surface area contributed by atoms with Crippen LogP contribution in [0.2, 0.25) is 0 Å². The van der Waals surface area contributed by atoms with E-state index in [2.05, 4.69) is 0 Å². The van der Waals surface area contributed by atoms with Crippen molar-refractivity contribution in [3.63, 3.8) is 0 Å². The number of ketones is 1. The molecule has 6 heteroatoms. The fraction of sp³-hybridized carbons (Fsp3) is 0.240. The molecule has 0 amide bonds. The van der Waals surface area contributed by atoms with Crippen molar-refractivity contribution in [1.29, 1.82) is 0 Å². The van der Waals surface area contributed by atoms with Crippen LogP contribution in [0.5, 0.6) is 28.7 Å². The predicted molar refractivity (Wildman–Crippen MR) is 119 cm³/mol. The Balaban J connectivity index is 2.06. The second kappa shape index (κ2) is 9.43. The van der Waals surface area contributed by atoms with Crippen LogP contribution in [-0.4, -0.2) is 41.3 Å². The van der Waals surface area contributed by atoms with Gasteiger partial charge in [0.2, 0.25) is 5.75 Å². The van der Waals surface area contributed by atoms with Crippen LogP contribution in [0.25, 0.3) is 11.1 Å². The van der Waals surface area contributed by atoms with Crippen LogP contribution >= 0.6 is 0 Å². The summed E-state index contributed by atoms with van der Waals surface area (Å²) in [5.74, 6) is 2.57. The Morgan fingerprint density at radius 2 is 1.16 bits per heavy atom. The summed E-state index contributed by atoms with van der Waals surface area (Å²) >= 11 is 0. The molecule has 0 bridgehead atoms. The highest BCUT2D eigenvalue weighted by Gasteiger charge is 2.19. The van der Waals surface area contributed by atoms with Gasteiger partial charge in [-0.3, -0.25) is 4.79 Å². The second-order valence-corrected chi connectivity index (χ2v) is 6.83.